The molecule has 0 spiro atoms. The second-order valence-corrected chi connectivity index (χ2v) is 9.87. The third kappa shape index (κ3) is 5.56. The van der Waals surface area contributed by atoms with Crippen LogP contribution in [0.4, 0.5) is 10.1 Å². The summed E-state index contributed by atoms with van der Waals surface area (Å²) < 4.78 is 26.6. The number of thioether (sulfide) groups is 1. The van der Waals surface area contributed by atoms with Crippen LogP contribution in [0, 0.1) is 9.39 Å². The van der Waals surface area contributed by atoms with E-state index in [1.165, 1.54) is 28.8 Å². The van der Waals surface area contributed by atoms with E-state index < -0.39 is 0 Å². The molecule has 1 heterocycles. The Morgan fingerprint density at radius 3 is 2.61 bits per heavy atom. The predicted molar refractivity (Wildman–Crippen MR) is 143 cm³/mol. The highest BCUT2D eigenvalue weighted by molar-refractivity contribution is 14.1. The van der Waals surface area contributed by atoms with Gasteiger partial charge >= 0.3 is 0 Å². The average molecular weight is 591 g/mol. The van der Waals surface area contributed by atoms with Crippen LogP contribution in [0.1, 0.15) is 18.1 Å². The van der Waals surface area contributed by atoms with Crippen LogP contribution < -0.4 is 14.4 Å². The first-order chi connectivity index (χ1) is 16.0. The molecule has 3 aromatic rings. The molecule has 0 atom stereocenters. The molecule has 0 unspecified atom stereocenters. The van der Waals surface area contributed by atoms with Crippen molar-refractivity contribution in [2.75, 3.05) is 11.5 Å². The number of hydrogen-bond donors (Lipinski definition) is 0. The molecule has 4 rings (SSSR count). The SMILES string of the molecule is CCOc1cc(/C=C2/SC(=S)N(c3ccccc3)C2=O)cc(I)c1OCc1cccc(F)c1. The molecule has 0 radical (unpaired) electrons. The lowest BCUT2D eigenvalue weighted by Gasteiger charge is -2.15. The van der Waals surface area contributed by atoms with Crippen molar-refractivity contribution < 1.29 is 18.7 Å². The number of halogens is 2. The van der Waals surface area contributed by atoms with E-state index in [1.54, 1.807) is 12.1 Å². The maximum absolute atomic E-state index is 13.5. The molecule has 33 heavy (non-hydrogen) atoms. The summed E-state index contributed by atoms with van der Waals surface area (Å²) in [5.74, 6) is 0.677. The smallest absolute Gasteiger partial charge is 0.270 e. The maximum Gasteiger partial charge on any atom is 0.270 e. The summed E-state index contributed by atoms with van der Waals surface area (Å²) in [6, 6.07) is 19.4. The molecule has 8 heteroatoms. The van der Waals surface area contributed by atoms with E-state index in [0.717, 1.165) is 20.4 Å². The first kappa shape index (κ1) is 23.7. The summed E-state index contributed by atoms with van der Waals surface area (Å²) in [4.78, 5) is 15.1. The first-order valence-electron chi connectivity index (χ1n) is 10.1. The molecule has 0 saturated carbocycles. The summed E-state index contributed by atoms with van der Waals surface area (Å²) in [5, 5.41) is 0. The number of benzene rings is 3. The van der Waals surface area contributed by atoms with Crippen LogP contribution in [0.5, 0.6) is 11.5 Å². The van der Waals surface area contributed by atoms with Gasteiger partial charge in [0.1, 0.15) is 12.4 Å². The molecule has 3 aromatic carbocycles. The number of para-hydroxylation sites is 1. The number of carbonyl (C=O) groups excluding carboxylic acids is 1. The largest absolute Gasteiger partial charge is 0.490 e. The zero-order valence-electron chi connectivity index (χ0n) is 17.6. The minimum Gasteiger partial charge on any atom is -0.490 e. The van der Waals surface area contributed by atoms with Gasteiger partial charge in [-0.2, -0.15) is 0 Å². The van der Waals surface area contributed by atoms with Crippen LogP contribution in [0.3, 0.4) is 0 Å². The van der Waals surface area contributed by atoms with E-state index in [2.05, 4.69) is 22.6 Å². The number of ether oxygens (including phenoxy) is 2. The fourth-order valence-corrected chi connectivity index (χ4v) is 5.36. The Kier molecular flexibility index (Phi) is 7.67. The van der Waals surface area contributed by atoms with Crippen molar-refractivity contribution in [3.63, 3.8) is 0 Å². The van der Waals surface area contributed by atoms with Gasteiger partial charge in [-0.25, -0.2) is 4.39 Å². The summed E-state index contributed by atoms with van der Waals surface area (Å²) in [6.07, 6.45) is 1.81. The van der Waals surface area contributed by atoms with Crippen molar-refractivity contribution in [1.82, 2.24) is 0 Å². The van der Waals surface area contributed by atoms with Gasteiger partial charge in [-0.15, -0.1) is 0 Å². The van der Waals surface area contributed by atoms with E-state index in [4.69, 9.17) is 21.7 Å². The van der Waals surface area contributed by atoms with Crippen LogP contribution >= 0.6 is 46.6 Å². The lowest BCUT2D eigenvalue weighted by atomic mass is 10.1. The second-order valence-electron chi connectivity index (χ2n) is 7.03. The van der Waals surface area contributed by atoms with Gasteiger partial charge in [0, 0.05) is 0 Å². The number of amides is 1. The molecule has 1 amide bonds. The lowest BCUT2D eigenvalue weighted by molar-refractivity contribution is -0.113. The molecule has 0 aromatic heterocycles. The summed E-state index contributed by atoms with van der Waals surface area (Å²) in [7, 11) is 0. The van der Waals surface area contributed by atoms with Crippen molar-refractivity contribution in [2.24, 2.45) is 0 Å². The number of thiocarbonyl (C=S) groups is 1. The lowest BCUT2D eigenvalue weighted by Crippen LogP contribution is -2.27. The van der Waals surface area contributed by atoms with Crippen molar-refractivity contribution in [1.29, 1.82) is 0 Å². The van der Waals surface area contributed by atoms with E-state index in [1.807, 2.05) is 55.5 Å². The number of carbonyl (C=O) groups is 1. The highest BCUT2D eigenvalue weighted by Gasteiger charge is 2.33. The molecule has 1 aliphatic heterocycles. The van der Waals surface area contributed by atoms with Gasteiger partial charge < -0.3 is 9.47 Å². The predicted octanol–water partition coefficient (Wildman–Crippen LogP) is 6.81. The van der Waals surface area contributed by atoms with Crippen molar-refractivity contribution in [3.05, 3.63) is 92.1 Å². The van der Waals surface area contributed by atoms with Crippen LogP contribution in [-0.4, -0.2) is 16.8 Å². The van der Waals surface area contributed by atoms with Crippen LogP contribution in [0.2, 0.25) is 0 Å². The van der Waals surface area contributed by atoms with Crippen molar-refractivity contribution in [2.45, 2.75) is 13.5 Å². The molecule has 0 aliphatic carbocycles. The van der Waals surface area contributed by atoms with E-state index >= 15 is 0 Å². The zero-order valence-corrected chi connectivity index (χ0v) is 21.4. The maximum atomic E-state index is 13.5. The van der Waals surface area contributed by atoms with Crippen LogP contribution in [-0.2, 0) is 11.4 Å². The van der Waals surface area contributed by atoms with Gasteiger partial charge in [-0.3, -0.25) is 9.69 Å². The van der Waals surface area contributed by atoms with E-state index in [0.29, 0.717) is 27.3 Å². The minimum absolute atomic E-state index is 0.157. The average Bonchev–Trinajstić information content (AvgIpc) is 3.06. The zero-order chi connectivity index (χ0) is 23.4. The molecule has 1 saturated heterocycles. The molecular formula is C25H19FINO3S2. The Balaban J connectivity index is 1.60. The summed E-state index contributed by atoms with van der Waals surface area (Å²) >= 11 is 8.89. The fraction of sp³-hybridized carbons (Fsp3) is 0.120. The summed E-state index contributed by atoms with van der Waals surface area (Å²) in [6.45, 7) is 2.55. The van der Waals surface area contributed by atoms with Gasteiger partial charge in [0.05, 0.1) is 20.8 Å². The molecular weight excluding hydrogens is 572 g/mol. The second kappa shape index (κ2) is 10.7. The third-order valence-electron chi connectivity index (χ3n) is 4.71. The minimum atomic E-state index is -0.306. The molecule has 1 aliphatic rings. The highest BCUT2D eigenvalue weighted by Crippen LogP contribution is 2.39. The summed E-state index contributed by atoms with van der Waals surface area (Å²) in [5.41, 5.74) is 2.27. The molecule has 4 nitrogen and oxygen atoms in total. The quantitative estimate of drug-likeness (QED) is 0.172. The Labute approximate surface area is 214 Å². The van der Waals surface area contributed by atoms with Gasteiger partial charge in [0.25, 0.3) is 5.91 Å². The number of rotatable bonds is 7. The molecule has 1 fully saturated rings. The highest BCUT2D eigenvalue weighted by atomic mass is 127. The van der Waals surface area contributed by atoms with Crippen LogP contribution in [0.25, 0.3) is 6.08 Å². The normalized spacial score (nSPS) is 14.8. The number of nitrogens with zero attached hydrogens (tertiary/aromatic N) is 1. The number of hydrogen-bond acceptors (Lipinski definition) is 5. The molecule has 0 N–H and O–H groups in total. The van der Waals surface area contributed by atoms with Crippen LogP contribution in [0.15, 0.2) is 71.6 Å². The van der Waals surface area contributed by atoms with Gasteiger partial charge in [0.15, 0.2) is 15.8 Å². The van der Waals surface area contributed by atoms with E-state index in [9.17, 15) is 9.18 Å². The van der Waals surface area contributed by atoms with E-state index in [-0.39, 0.29) is 18.3 Å². The Hall–Kier alpha value is -2.43. The fourth-order valence-electron chi connectivity index (χ4n) is 3.28. The van der Waals surface area contributed by atoms with Crippen molar-refractivity contribution in [3.8, 4) is 11.5 Å². The topological polar surface area (TPSA) is 38.8 Å². The Morgan fingerprint density at radius 2 is 1.88 bits per heavy atom. The molecule has 0 bridgehead atoms. The molecule has 168 valence electrons. The Bertz CT molecular complexity index is 1230. The standard InChI is InChI=1S/C25H19FINO3S2/c1-2-30-21-13-17(12-20(27)23(21)31-15-16-7-6-8-18(26)11-16)14-22-24(29)28(25(32)33-22)19-9-4-3-5-10-19/h3-14H,2,15H2,1H3/b22-14+. The Morgan fingerprint density at radius 1 is 1.09 bits per heavy atom. The van der Waals surface area contributed by atoms with Crippen molar-refractivity contribution >= 4 is 68.6 Å². The first-order valence-corrected chi connectivity index (χ1v) is 12.4. The third-order valence-corrected chi connectivity index (χ3v) is 6.81. The monoisotopic (exact) mass is 591 g/mol. The van der Waals surface area contributed by atoms with Gasteiger partial charge in [-0.1, -0.05) is 54.3 Å². The van der Waals surface area contributed by atoms with Gasteiger partial charge in [-0.05, 0) is 83.1 Å². The van der Waals surface area contributed by atoms with Gasteiger partial charge in [0.2, 0.25) is 0 Å². The number of anilines is 1.